The third-order valence-electron chi connectivity index (χ3n) is 4.61. The van der Waals surface area contributed by atoms with Crippen molar-refractivity contribution < 1.29 is 9.59 Å². The van der Waals surface area contributed by atoms with E-state index in [-0.39, 0.29) is 36.7 Å². The molecule has 3 atom stereocenters. The molecule has 1 fully saturated rings. The van der Waals surface area contributed by atoms with Gasteiger partial charge in [0.15, 0.2) is 0 Å². The van der Waals surface area contributed by atoms with Crippen molar-refractivity contribution in [2.45, 2.75) is 65.5 Å². The lowest BCUT2D eigenvalue weighted by Gasteiger charge is -2.39. The number of nitrogens with zero attached hydrogens (tertiary/aromatic N) is 1. The highest BCUT2D eigenvalue weighted by atomic mass is 35.5. The number of halogens is 1. The Morgan fingerprint density at radius 1 is 1.27 bits per heavy atom. The zero-order valence-electron chi connectivity index (χ0n) is 14.3. The second kappa shape index (κ2) is 10.1. The summed E-state index contributed by atoms with van der Waals surface area (Å²) in [5, 5.41) is 2.68. The van der Waals surface area contributed by atoms with Crippen LogP contribution in [0.4, 0.5) is 0 Å². The molecule has 22 heavy (non-hydrogen) atoms. The molecule has 1 rings (SSSR count). The molecule has 0 aromatic heterocycles. The molecule has 6 heteroatoms. The average molecular weight is 334 g/mol. The second-order valence-electron chi connectivity index (χ2n) is 6.52. The number of hydrogen-bond acceptors (Lipinski definition) is 3. The van der Waals surface area contributed by atoms with Crippen molar-refractivity contribution in [2.24, 2.45) is 17.6 Å². The van der Waals surface area contributed by atoms with Crippen molar-refractivity contribution in [1.29, 1.82) is 0 Å². The van der Waals surface area contributed by atoms with E-state index in [0.29, 0.717) is 12.0 Å². The lowest BCUT2D eigenvalue weighted by molar-refractivity contribution is -0.137. The fourth-order valence-electron chi connectivity index (χ4n) is 2.82. The number of carbonyl (C=O) groups excluding carboxylic acids is 2. The molecule has 0 bridgehead atoms. The van der Waals surface area contributed by atoms with Gasteiger partial charge in [-0.05, 0) is 31.1 Å². The maximum absolute atomic E-state index is 12.4. The van der Waals surface area contributed by atoms with Crippen LogP contribution in [0.15, 0.2) is 0 Å². The molecule has 3 N–H and O–H groups in total. The molecule has 1 saturated heterocycles. The summed E-state index contributed by atoms with van der Waals surface area (Å²) < 4.78 is 0. The first-order chi connectivity index (χ1) is 9.88. The Hall–Kier alpha value is -0.810. The van der Waals surface area contributed by atoms with Crippen molar-refractivity contribution in [1.82, 2.24) is 10.2 Å². The highest BCUT2D eigenvalue weighted by Crippen LogP contribution is 2.25. The van der Waals surface area contributed by atoms with Crippen LogP contribution in [0.3, 0.4) is 0 Å². The molecular formula is C16H32ClN3O2. The van der Waals surface area contributed by atoms with Crippen LogP contribution < -0.4 is 11.1 Å². The van der Waals surface area contributed by atoms with Crippen LogP contribution in [0, 0.1) is 11.8 Å². The molecule has 0 radical (unpaired) electrons. The molecule has 2 amide bonds. The van der Waals surface area contributed by atoms with Crippen LogP contribution in [0.2, 0.25) is 0 Å². The highest BCUT2D eigenvalue weighted by molar-refractivity contribution is 5.87. The van der Waals surface area contributed by atoms with E-state index in [9.17, 15) is 9.59 Å². The molecule has 0 saturated carbocycles. The molecule has 0 aromatic carbocycles. The molecular weight excluding hydrogens is 302 g/mol. The first-order valence-electron chi connectivity index (χ1n) is 8.21. The summed E-state index contributed by atoms with van der Waals surface area (Å²) >= 11 is 0. The van der Waals surface area contributed by atoms with Crippen molar-refractivity contribution in [3.05, 3.63) is 0 Å². The first-order valence-corrected chi connectivity index (χ1v) is 8.21. The summed E-state index contributed by atoms with van der Waals surface area (Å²) in [5.41, 5.74) is 5.78. The van der Waals surface area contributed by atoms with Crippen LogP contribution >= 0.6 is 12.4 Å². The Morgan fingerprint density at radius 3 is 2.45 bits per heavy atom. The molecule has 1 aliphatic heterocycles. The molecule has 1 aliphatic rings. The maximum Gasteiger partial charge on any atom is 0.242 e. The SMILES string of the molecule is CCC(C)C1CCCCN1C(=O)CNC(=O)[C@@H](N)C(C)C.Cl. The summed E-state index contributed by atoms with van der Waals surface area (Å²) in [6.07, 6.45) is 4.38. The predicted molar refractivity (Wildman–Crippen MR) is 91.9 cm³/mol. The summed E-state index contributed by atoms with van der Waals surface area (Å²) in [4.78, 5) is 26.2. The van der Waals surface area contributed by atoms with Gasteiger partial charge in [-0.3, -0.25) is 9.59 Å². The number of amides is 2. The van der Waals surface area contributed by atoms with E-state index in [1.807, 2.05) is 18.7 Å². The summed E-state index contributed by atoms with van der Waals surface area (Å²) in [6.45, 7) is 9.02. The third-order valence-corrected chi connectivity index (χ3v) is 4.61. The molecule has 1 heterocycles. The number of piperidine rings is 1. The minimum Gasteiger partial charge on any atom is -0.346 e. The Morgan fingerprint density at radius 2 is 1.91 bits per heavy atom. The van der Waals surface area contributed by atoms with Crippen LogP contribution in [0.25, 0.3) is 0 Å². The lowest BCUT2D eigenvalue weighted by Crippen LogP contribution is -2.52. The zero-order chi connectivity index (χ0) is 16.0. The fourth-order valence-corrected chi connectivity index (χ4v) is 2.82. The number of rotatable bonds is 6. The standard InChI is InChI=1S/C16H31N3O2.ClH/c1-5-12(4)13-8-6-7-9-19(13)14(20)10-18-16(21)15(17)11(2)3;/h11-13,15H,5-10,17H2,1-4H3,(H,18,21);1H/t12?,13?,15-;/m0./s1. The van der Waals surface area contributed by atoms with Crippen LogP contribution in [-0.4, -0.2) is 41.9 Å². The Bertz CT molecular complexity index is 363. The maximum atomic E-state index is 12.4. The Balaban J connectivity index is 0.00000441. The van der Waals surface area contributed by atoms with Gasteiger partial charge < -0.3 is 16.0 Å². The van der Waals surface area contributed by atoms with Crippen LogP contribution in [0.5, 0.6) is 0 Å². The molecule has 130 valence electrons. The first kappa shape index (κ1) is 21.2. The van der Waals surface area contributed by atoms with Gasteiger partial charge in [0.25, 0.3) is 0 Å². The predicted octanol–water partition coefficient (Wildman–Crippen LogP) is 1.93. The van der Waals surface area contributed by atoms with Gasteiger partial charge in [0, 0.05) is 12.6 Å². The van der Waals surface area contributed by atoms with Crippen molar-refractivity contribution in [3.63, 3.8) is 0 Å². The van der Waals surface area contributed by atoms with Gasteiger partial charge in [-0.25, -0.2) is 0 Å². The molecule has 5 nitrogen and oxygen atoms in total. The molecule has 2 unspecified atom stereocenters. The summed E-state index contributed by atoms with van der Waals surface area (Å²) in [6, 6.07) is -0.239. The summed E-state index contributed by atoms with van der Waals surface area (Å²) in [5.74, 6) is 0.352. The van der Waals surface area contributed by atoms with E-state index in [4.69, 9.17) is 5.73 Å². The third kappa shape index (κ3) is 5.76. The van der Waals surface area contributed by atoms with Gasteiger partial charge in [-0.1, -0.05) is 34.1 Å². The van der Waals surface area contributed by atoms with Gasteiger partial charge in [-0.15, -0.1) is 12.4 Å². The van der Waals surface area contributed by atoms with E-state index in [2.05, 4.69) is 19.2 Å². The van der Waals surface area contributed by atoms with Crippen LogP contribution in [-0.2, 0) is 9.59 Å². The van der Waals surface area contributed by atoms with E-state index in [0.717, 1.165) is 25.8 Å². The lowest BCUT2D eigenvalue weighted by atomic mass is 9.90. The number of likely N-dealkylation sites (tertiary alicyclic amines) is 1. The van der Waals surface area contributed by atoms with E-state index >= 15 is 0 Å². The monoisotopic (exact) mass is 333 g/mol. The minimum absolute atomic E-state index is 0. The minimum atomic E-state index is -0.551. The summed E-state index contributed by atoms with van der Waals surface area (Å²) in [7, 11) is 0. The smallest absolute Gasteiger partial charge is 0.242 e. The number of hydrogen-bond donors (Lipinski definition) is 2. The van der Waals surface area contributed by atoms with E-state index < -0.39 is 6.04 Å². The zero-order valence-corrected chi connectivity index (χ0v) is 15.1. The molecule has 0 aliphatic carbocycles. The highest BCUT2D eigenvalue weighted by Gasteiger charge is 2.30. The number of nitrogens with two attached hydrogens (primary N) is 1. The van der Waals surface area contributed by atoms with Crippen molar-refractivity contribution in [3.8, 4) is 0 Å². The van der Waals surface area contributed by atoms with Gasteiger partial charge in [-0.2, -0.15) is 0 Å². The van der Waals surface area contributed by atoms with Gasteiger partial charge >= 0.3 is 0 Å². The second-order valence-corrected chi connectivity index (χ2v) is 6.52. The van der Waals surface area contributed by atoms with Gasteiger partial charge in [0.1, 0.15) is 0 Å². The average Bonchev–Trinajstić information content (AvgIpc) is 2.50. The Kier molecular flexibility index (Phi) is 9.69. The number of nitrogens with one attached hydrogen (secondary N) is 1. The fraction of sp³-hybridized carbons (Fsp3) is 0.875. The quantitative estimate of drug-likeness (QED) is 0.780. The van der Waals surface area contributed by atoms with Crippen molar-refractivity contribution in [2.75, 3.05) is 13.1 Å². The van der Waals surface area contributed by atoms with Gasteiger partial charge in [0.05, 0.1) is 12.6 Å². The largest absolute Gasteiger partial charge is 0.346 e. The number of carbonyl (C=O) groups is 2. The van der Waals surface area contributed by atoms with Crippen LogP contribution in [0.1, 0.15) is 53.4 Å². The van der Waals surface area contributed by atoms with Gasteiger partial charge in [0.2, 0.25) is 11.8 Å². The topological polar surface area (TPSA) is 75.4 Å². The van der Waals surface area contributed by atoms with E-state index in [1.54, 1.807) is 0 Å². The molecule has 0 spiro atoms. The molecule has 0 aromatic rings. The Labute approximate surface area is 140 Å². The van der Waals surface area contributed by atoms with Crippen molar-refractivity contribution >= 4 is 24.2 Å². The normalized spacial score (nSPS) is 21.0. The van der Waals surface area contributed by atoms with E-state index in [1.165, 1.54) is 6.42 Å².